The number of thiophene rings is 1. The lowest BCUT2D eigenvalue weighted by molar-refractivity contribution is 0.0934. The van der Waals surface area contributed by atoms with E-state index in [2.05, 4.69) is 25.4 Å². The van der Waals surface area contributed by atoms with Gasteiger partial charge in [-0.1, -0.05) is 0 Å². The van der Waals surface area contributed by atoms with Crippen molar-refractivity contribution in [3.63, 3.8) is 0 Å². The molecular formula is C18H19N5OS. The van der Waals surface area contributed by atoms with Crippen LogP contribution in [0.2, 0.25) is 0 Å². The number of aryl methyl sites for hydroxylation is 3. The van der Waals surface area contributed by atoms with Crippen LogP contribution in [0.25, 0.3) is 10.2 Å². The van der Waals surface area contributed by atoms with Crippen molar-refractivity contribution in [3.8, 4) is 0 Å². The third-order valence-corrected chi connectivity index (χ3v) is 5.95. The second-order valence-corrected chi connectivity index (χ2v) is 7.43. The Morgan fingerprint density at radius 2 is 2.04 bits per heavy atom. The molecular weight excluding hydrogens is 334 g/mol. The van der Waals surface area contributed by atoms with Gasteiger partial charge in [-0.25, -0.2) is 0 Å². The number of rotatable bonds is 3. The number of hydrogen-bond donors (Lipinski definition) is 1. The highest BCUT2D eigenvalue weighted by Gasteiger charge is 2.30. The first-order valence-corrected chi connectivity index (χ1v) is 9.05. The number of carbonyl (C=O) groups is 1. The molecule has 3 aromatic heterocycles. The molecule has 0 spiro atoms. The van der Waals surface area contributed by atoms with E-state index in [4.69, 9.17) is 0 Å². The number of hydrogen-bond acceptors (Lipinski definition) is 6. The van der Waals surface area contributed by atoms with Gasteiger partial charge in [-0.05, 0) is 44.0 Å². The fourth-order valence-electron chi connectivity index (χ4n) is 3.18. The lowest BCUT2D eigenvalue weighted by Gasteiger charge is -2.41. The summed E-state index contributed by atoms with van der Waals surface area (Å²) < 4.78 is 0. The molecule has 4 heterocycles. The molecule has 1 fully saturated rings. The van der Waals surface area contributed by atoms with Crippen LogP contribution in [-0.4, -0.2) is 40.2 Å². The van der Waals surface area contributed by atoms with Gasteiger partial charge in [-0.15, -0.1) is 16.4 Å². The van der Waals surface area contributed by atoms with Crippen molar-refractivity contribution < 1.29 is 4.79 Å². The summed E-state index contributed by atoms with van der Waals surface area (Å²) in [5, 5.41) is 12.6. The highest BCUT2D eigenvalue weighted by molar-refractivity contribution is 7.20. The highest BCUT2D eigenvalue weighted by atomic mass is 32.1. The molecule has 1 aliphatic heterocycles. The summed E-state index contributed by atoms with van der Waals surface area (Å²) in [5.41, 5.74) is 4.10. The Hall–Kier alpha value is -2.54. The minimum absolute atomic E-state index is 0.0200. The first-order chi connectivity index (χ1) is 12.0. The van der Waals surface area contributed by atoms with E-state index in [0.29, 0.717) is 0 Å². The van der Waals surface area contributed by atoms with E-state index in [9.17, 15) is 4.79 Å². The maximum absolute atomic E-state index is 12.7. The van der Waals surface area contributed by atoms with Gasteiger partial charge in [0.25, 0.3) is 5.91 Å². The first kappa shape index (κ1) is 16.0. The maximum atomic E-state index is 12.7. The molecule has 0 aromatic carbocycles. The molecule has 1 saturated heterocycles. The van der Waals surface area contributed by atoms with Crippen molar-refractivity contribution in [1.29, 1.82) is 0 Å². The van der Waals surface area contributed by atoms with Crippen molar-refractivity contribution in [1.82, 2.24) is 20.5 Å². The summed E-state index contributed by atoms with van der Waals surface area (Å²) in [7, 11) is 0. The third kappa shape index (κ3) is 2.74. The molecule has 1 aliphatic rings. The minimum atomic E-state index is -0.0200. The van der Waals surface area contributed by atoms with E-state index in [1.165, 1.54) is 11.3 Å². The van der Waals surface area contributed by atoms with E-state index in [-0.39, 0.29) is 11.9 Å². The SMILES string of the molecule is Cc1nnc2sc(C(=O)NC3CN(c4cccnc4)C3)c(C)c2c1C. The molecule has 3 aromatic rings. The van der Waals surface area contributed by atoms with Gasteiger partial charge in [-0.2, -0.15) is 5.10 Å². The van der Waals surface area contributed by atoms with Crippen molar-refractivity contribution in [2.24, 2.45) is 0 Å². The van der Waals surface area contributed by atoms with E-state index >= 15 is 0 Å². The lowest BCUT2D eigenvalue weighted by Crippen LogP contribution is -2.59. The topological polar surface area (TPSA) is 71.0 Å². The van der Waals surface area contributed by atoms with Crippen LogP contribution in [0.3, 0.4) is 0 Å². The van der Waals surface area contributed by atoms with Gasteiger partial charge in [0.1, 0.15) is 4.83 Å². The average molecular weight is 353 g/mol. The fourth-order valence-corrected chi connectivity index (χ4v) is 4.27. The summed E-state index contributed by atoms with van der Waals surface area (Å²) >= 11 is 1.42. The van der Waals surface area contributed by atoms with Gasteiger partial charge in [0, 0.05) is 24.7 Å². The van der Waals surface area contributed by atoms with Crippen LogP contribution in [0.15, 0.2) is 24.5 Å². The van der Waals surface area contributed by atoms with Gasteiger partial charge < -0.3 is 10.2 Å². The van der Waals surface area contributed by atoms with E-state index < -0.39 is 0 Å². The number of amides is 1. The lowest BCUT2D eigenvalue weighted by atomic mass is 10.1. The molecule has 6 nitrogen and oxygen atoms in total. The summed E-state index contributed by atoms with van der Waals surface area (Å²) in [6.45, 7) is 7.58. The quantitative estimate of drug-likeness (QED) is 0.784. The number of anilines is 1. The van der Waals surface area contributed by atoms with Crippen LogP contribution < -0.4 is 10.2 Å². The minimum Gasteiger partial charge on any atom is -0.366 e. The largest absolute Gasteiger partial charge is 0.366 e. The molecule has 0 saturated carbocycles. The first-order valence-electron chi connectivity index (χ1n) is 8.23. The van der Waals surface area contributed by atoms with Crippen LogP contribution in [-0.2, 0) is 0 Å². The zero-order valence-corrected chi connectivity index (χ0v) is 15.2. The summed E-state index contributed by atoms with van der Waals surface area (Å²) in [6.07, 6.45) is 3.61. The van der Waals surface area contributed by atoms with Gasteiger partial charge in [-0.3, -0.25) is 9.78 Å². The second-order valence-electron chi connectivity index (χ2n) is 6.43. The van der Waals surface area contributed by atoms with Crippen molar-refractivity contribution in [2.45, 2.75) is 26.8 Å². The van der Waals surface area contributed by atoms with Crippen LogP contribution in [0.1, 0.15) is 26.5 Å². The van der Waals surface area contributed by atoms with E-state index in [1.807, 2.05) is 39.1 Å². The van der Waals surface area contributed by atoms with Gasteiger partial charge in [0.15, 0.2) is 0 Å². The smallest absolute Gasteiger partial charge is 0.262 e. The van der Waals surface area contributed by atoms with Crippen molar-refractivity contribution in [2.75, 3.05) is 18.0 Å². The Morgan fingerprint density at radius 1 is 1.24 bits per heavy atom. The van der Waals surface area contributed by atoms with Gasteiger partial charge in [0.05, 0.1) is 28.5 Å². The van der Waals surface area contributed by atoms with Crippen molar-refractivity contribution >= 4 is 33.1 Å². The molecule has 128 valence electrons. The fraction of sp³-hybridized carbons (Fsp3) is 0.333. The van der Waals surface area contributed by atoms with Crippen LogP contribution >= 0.6 is 11.3 Å². The normalized spacial score (nSPS) is 14.6. The Morgan fingerprint density at radius 3 is 2.76 bits per heavy atom. The summed E-state index contributed by atoms with van der Waals surface area (Å²) in [6, 6.07) is 4.12. The predicted molar refractivity (Wildman–Crippen MR) is 99.3 cm³/mol. The molecule has 4 rings (SSSR count). The van der Waals surface area contributed by atoms with E-state index in [0.717, 1.165) is 50.7 Å². The molecule has 0 atom stereocenters. The maximum Gasteiger partial charge on any atom is 0.262 e. The number of carbonyl (C=O) groups excluding carboxylic acids is 1. The monoisotopic (exact) mass is 353 g/mol. The molecule has 25 heavy (non-hydrogen) atoms. The number of fused-ring (bicyclic) bond motifs is 1. The number of pyridine rings is 1. The van der Waals surface area contributed by atoms with Crippen LogP contribution in [0, 0.1) is 20.8 Å². The van der Waals surface area contributed by atoms with Crippen LogP contribution in [0.4, 0.5) is 5.69 Å². The van der Waals surface area contributed by atoms with Crippen LogP contribution in [0.5, 0.6) is 0 Å². The Bertz CT molecular complexity index is 947. The molecule has 1 N–H and O–H groups in total. The summed E-state index contributed by atoms with van der Waals surface area (Å²) in [4.78, 5) is 20.6. The average Bonchev–Trinajstić information content (AvgIpc) is 2.92. The zero-order valence-electron chi connectivity index (χ0n) is 14.4. The number of nitrogens with one attached hydrogen (secondary N) is 1. The van der Waals surface area contributed by atoms with E-state index in [1.54, 1.807) is 6.20 Å². The molecule has 7 heteroatoms. The number of aromatic nitrogens is 3. The molecule has 1 amide bonds. The number of nitrogens with zero attached hydrogens (tertiary/aromatic N) is 4. The van der Waals surface area contributed by atoms with Gasteiger partial charge >= 0.3 is 0 Å². The Balaban J connectivity index is 1.49. The highest BCUT2D eigenvalue weighted by Crippen LogP contribution is 2.32. The Labute approximate surface area is 149 Å². The predicted octanol–water partition coefficient (Wildman–Crippen LogP) is 2.63. The molecule has 0 aliphatic carbocycles. The van der Waals surface area contributed by atoms with Gasteiger partial charge in [0.2, 0.25) is 0 Å². The zero-order chi connectivity index (χ0) is 17.6. The Kier molecular flexibility index (Phi) is 3.88. The second kappa shape index (κ2) is 6.07. The molecule has 0 bridgehead atoms. The standard InChI is InChI=1S/C18H19N5OS/c1-10-12(3)21-22-18-15(10)11(2)16(25-18)17(24)20-13-8-23(9-13)14-5-4-6-19-7-14/h4-7,13H,8-9H2,1-3H3,(H,20,24). The summed E-state index contributed by atoms with van der Waals surface area (Å²) in [5.74, 6) is -0.0200. The van der Waals surface area contributed by atoms with Crippen molar-refractivity contribution in [3.05, 3.63) is 46.2 Å². The molecule has 0 unspecified atom stereocenters. The third-order valence-electron chi connectivity index (χ3n) is 4.77. The molecule has 0 radical (unpaired) electrons.